The first kappa shape index (κ1) is 15.0. The Labute approximate surface area is 111 Å². The maximum Gasteiger partial charge on any atom is 0.0447 e. The fourth-order valence-corrected chi connectivity index (χ4v) is 2.13. The van der Waals surface area contributed by atoms with Crippen LogP contribution in [0.1, 0.15) is 51.3 Å². The van der Waals surface area contributed by atoms with Crippen LogP contribution in [0.5, 0.6) is 0 Å². The van der Waals surface area contributed by atoms with Crippen LogP contribution in [0.15, 0.2) is 12.3 Å². The molecule has 1 unspecified atom stereocenters. The Morgan fingerprint density at radius 2 is 2.11 bits per heavy atom. The van der Waals surface area contributed by atoms with Gasteiger partial charge < -0.3 is 10.6 Å². The molecule has 0 saturated carbocycles. The smallest absolute Gasteiger partial charge is 0.0447 e. The van der Waals surface area contributed by atoms with Crippen molar-refractivity contribution in [2.24, 2.45) is 5.73 Å². The van der Waals surface area contributed by atoms with E-state index in [4.69, 9.17) is 5.73 Å². The number of pyridine rings is 1. The number of anilines is 1. The number of nitrogens with two attached hydrogens (primary N) is 1. The summed E-state index contributed by atoms with van der Waals surface area (Å²) in [7, 11) is 0. The summed E-state index contributed by atoms with van der Waals surface area (Å²) in [6.07, 6.45) is 5.51. The van der Waals surface area contributed by atoms with Gasteiger partial charge in [0.25, 0.3) is 0 Å². The van der Waals surface area contributed by atoms with Gasteiger partial charge in [0.15, 0.2) is 0 Å². The number of hydrogen-bond acceptors (Lipinski definition) is 3. The molecule has 3 nitrogen and oxygen atoms in total. The van der Waals surface area contributed by atoms with Crippen molar-refractivity contribution in [2.45, 2.75) is 59.5 Å². The maximum atomic E-state index is 5.84. The molecule has 0 aliphatic heterocycles. The molecule has 1 rings (SSSR count). The van der Waals surface area contributed by atoms with Crippen LogP contribution in [0, 0.1) is 6.92 Å². The Morgan fingerprint density at radius 3 is 2.67 bits per heavy atom. The number of aryl methyl sites for hydroxylation is 1. The summed E-state index contributed by atoms with van der Waals surface area (Å²) in [4.78, 5) is 6.84. The summed E-state index contributed by atoms with van der Waals surface area (Å²) in [6.45, 7) is 10.4. The molecule has 18 heavy (non-hydrogen) atoms. The van der Waals surface area contributed by atoms with Crippen LogP contribution < -0.4 is 10.6 Å². The van der Waals surface area contributed by atoms with Gasteiger partial charge in [0.1, 0.15) is 0 Å². The number of unbranched alkanes of at least 4 members (excludes halogenated alkanes) is 1. The highest BCUT2D eigenvalue weighted by Gasteiger charge is 2.16. The third-order valence-electron chi connectivity index (χ3n) is 3.50. The average molecular weight is 249 g/mol. The van der Waals surface area contributed by atoms with Gasteiger partial charge in [-0.3, -0.25) is 4.98 Å². The van der Waals surface area contributed by atoms with Gasteiger partial charge in [-0.1, -0.05) is 20.3 Å². The van der Waals surface area contributed by atoms with Crippen LogP contribution in [0.4, 0.5) is 5.69 Å². The molecule has 0 fully saturated rings. The van der Waals surface area contributed by atoms with E-state index in [0.717, 1.165) is 24.2 Å². The predicted molar refractivity (Wildman–Crippen MR) is 78.9 cm³/mol. The molecule has 2 N–H and O–H groups in total. The van der Waals surface area contributed by atoms with Crippen LogP contribution in [0.25, 0.3) is 0 Å². The van der Waals surface area contributed by atoms with Crippen molar-refractivity contribution in [3.05, 3.63) is 23.5 Å². The van der Waals surface area contributed by atoms with E-state index in [0.29, 0.717) is 12.6 Å². The van der Waals surface area contributed by atoms with Crippen LogP contribution in [-0.4, -0.2) is 17.6 Å². The molecule has 0 aliphatic rings. The summed E-state index contributed by atoms with van der Waals surface area (Å²) in [5.41, 5.74) is 9.33. The van der Waals surface area contributed by atoms with Crippen molar-refractivity contribution in [1.29, 1.82) is 0 Å². The Morgan fingerprint density at radius 1 is 1.39 bits per heavy atom. The number of rotatable bonds is 7. The molecule has 0 saturated heterocycles. The first-order chi connectivity index (χ1) is 8.63. The maximum absolute atomic E-state index is 5.84. The van der Waals surface area contributed by atoms with E-state index in [2.05, 4.69) is 36.7 Å². The minimum Gasteiger partial charge on any atom is -0.368 e. The fourth-order valence-electron chi connectivity index (χ4n) is 2.13. The van der Waals surface area contributed by atoms with Crippen molar-refractivity contribution in [3.63, 3.8) is 0 Å². The summed E-state index contributed by atoms with van der Waals surface area (Å²) >= 11 is 0. The minimum atomic E-state index is 0.545. The molecule has 3 heteroatoms. The Hall–Kier alpha value is -1.09. The molecule has 0 aliphatic carbocycles. The highest BCUT2D eigenvalue weighted by molar-refractivity contribution is 5.54. The molecule has 1 aromatic rings. The normalized spacial score (nSPS) is 12.5. The zero-order valence-electron chi connectivity index (χ0n) is 12.2. The van der Waals surface area contributed by atoms with E-state index in [9.17, 15) is 0 Å². The van der Waals surface area contributed by atoms with Crippen molar-refractivity contribution in [3.8, 4) is 0 Å². The van der Waals surface area contributed by atoms with Crippen molar-refractivity contribution >= 4 is 5.69 Å². The van der Waals surface area contributed by atoms with Crippen LogP contribution >= 0.6 is 0 Å². The zero-order chi connectivity index (χ0) is 13.5. The molecule has 1 aromatic heterocycles. The summed E-state index contributed by atoms with van der Waals surface area (Å²) in [5.74, 6) is 0. The van der Waals surface area contributed by atoms with Crippen molar-refractivity contribution in [1.82, 2.24) is 4.98 Å². The molecule has 0 aromatic carbocycles. The molecule has 0 amide bonds. The van der Waals surface area contributed by atoms with E-state index in [-0.39, 0.29) is 0 Å². The summed E-state index contributed by atoms with van der Waals surface area (Å²) in [6, 6.07) is 2.72. The lowest BCUT2D eigenvalue weighted by Crippen LogP contribution is -2.34. The van der Waals surface area contributed by atoms with Crippen LogP contribution in [0.3, 0.4) is 0 Å². The monoisotopic (exact) mass is 249 g/mol. The molecule has 0 spiro atoms. The Balaban J connectivity index is 3.05. The van der Waals surface area contributed by atoms with Crippen molar-refractivity contribution < 1.29 is 0 Å². The fraction of sp³-hybridized carbons (Fsp3) is 0.667. The van der Waals surface area contributed by atoms with Gasteiger partial charge in [-0.25, -0.2) is 0 Å². The SMILES string of the molecule is CCCCN(c1cc(C)ncc1CN)C(C)CC. The van der Waals surface area contributed by atoms with Gasteiger partial charge >= 0.3 is 0 Å². The number of nitrogens with zero attached hydrogens (tertiary/aromatic N) is 2. The topological polar surface area (TPSA) is 42.2 Å². The molecule has 102 valence electrons. The standard InChI is InChI=1S/C15H27N3/c1-5-7-8-18(13(4)6-2)15-9-12(3)17-11-14(15)10-16/h9,11,13H,5-8,10,16H2,1-4H3. The third kappa shape index (κ3) is 3.70. The highest BCUT2D eigenvalue weighted by Crippen LogP contribution is 2.24. The average Bonchev–Trinajstić information content (AvgIpc) is 2.39. The Kier molecular flexibility index (Phi) is 6.13. The van der Waals surface area contributed by atoms with Crippen molar-refractivity contribution in [2.75, 3.05) is 11.4 Å². The summed E-state index contributed by atoms with van der Waals surface area (Å²) in [5, 5.41) is 0. The van der Waals surface area contributed by atoms with Gasteiger partial charge in [0.2, 0.25) is 0 Å². The lowest BCUT2D eigenvalue weighted by molar-refractivity contribution is 0.593. The highest BCUT2D eigenvalue weighted by atomic mass is 15.2. The van der Waals surface area contributed by atoms with Gasteiger partial charge in [-0.2, -0.15) is 0 Å². The van der Waals surface area contributed by atoms with E-state index in [1.54, 1.807) is 0 Å². The second kappa shape index (κ2) is 7.37. The van der Waals surface area contributed by atoms with E-state index < -0.39 is 0 Å². The molecule has 0 bridgehead atoms. The van der Waals surface area contributed by atoms with E-state index in [1.165, 1.54) is 18.5 Å². The molecule has 1 atom stereocenters. The van der Waals surface area contributed by atoms with Gasteiger partial charge in [-0.15, -0.1) is 0 Å². The second-order valence-electron chi connectivity index (χ2n) is 4.96. The first-order valence-corrected chi connectivity index (χ1v) is 7.06. The first-order valence-electron chi connectivity index (χ1n) is 7.06. The predicted octanol–water partition coefficient (Wildman–Crippen LogP) is 3.25. The minimum absolute atomic E-state index is 0.545. The lowest BCUT2D eigenvalue weighted by Gasteiger charge is -2.32. The van der Waals surface area contributed by atoms with E-state index >= 15 is 0 Å². The molecule has 1 heterocycles. The number of aromatic nitrogens is 1. The quantitative estimate of drug-likeness (QED) is 0.806. The lowest BCUT2D eigenvalue weighted by atomic mass is 10.1. The molecule has 0 radical (unpaired) electrons. The third-order valence-corrected chi connectivity index (χ3v) is 3.50. The van der Waals surface area contributed by atoms with Crippen LogP contribution in [0.2, 0.25) is 0 Å². The van der Waals surface area contributed by atoms with Crippen LogP contribution in [-0.2, 0) is 6.54 Å². The molecular formula is C15H27N3. The second-order valence-corrected chi connectivity index (χ2v) is 4.96. The molecular weight excluding hydrogens is 222 g/mol. The zero-order valence-corrected chi connectivity index (χ0v) is 12.2. The van der Waals surface area contributed by atoms with Gasteiger partial charge in [0.05, 0.1) is 0 Å². The summed E-state index contributed by atoms with van der Waals surface area (Å²) < 4.78 is 0. The Bertz CT molecular complexity index is 363. The van der Waals surface area contributed by atoms with E-state index in [1.807, 2.05) is 13.1 Å². The number of hydrogen-bond donors (Lipinski definition) is 1. The van der Waals surface area contributed by atoms with Gasteiger partial charge in [0, 0.05) is 42.3 Å². The van der Waals surface area contributed by atoms with Gasteiger partial charge in [-0.05, 0) is 32.8 Å². The largest absolute Gasteiger partial charge is 0.368 e.